The van der Waals surface area contributed by atoms with Crippen LogP contribution in [0.3, 0.4) is 0 Å². The van der Waals surface area contributed by atoms with Crippen LogP contribution in [0.4, 0.5) is 5.69 Å². The molecule has 0 aromatic heterocycles. The van der Waals surface area contributed by atoms with Crippen molar-refractivity contribution in [3.63, 3.8) is 0 Å². The molecule has 0 aliphatic rings. The first kappa shape index (κ1) is 16.7. The first-order chi connectivity index (χ1) is 11.7. The summed E-state index contributed by atoms with van der Waals surface area (Å²) >= 11 is 3.65. The molecule has 0 fully saturated rings. The predicted octanol–water partition coefficient (Wildman–Crippen LogP) is 5.23. The minimum atomic E-state index is 0.799. The molecule has 0 heterocycles. The van der Waals surface area contributed by atoms with Gasteiger partial charge in [-0.15, -0.1) is 0 Å². The van der Waals surface area contributed by atoms with Crippen LogP contribution >= 0.6 is 15.9 Å². The summed E-state index contributed by atoms with van der Waals surface area (Å²) < 4.78 is 1.10. The number of benzene rings is 3. The number of nitrogen functional groups attached to an aromatic ring is 1. The molecule has 3 rings (SSSR count). The van der Waals surface area contributed by atoms with Crippen LogP contribution in [0, 0.1) is 0 Å². The number of anilines is 1. The molecule has 0 saturated heterocycles. The molecule has 0 atom stereocenters. The van der Waals surface area contributed by atoms with Crippen LogP contribution in [0.25, 0.3) is 0 Å². The summed E-state index contributed by atoms with van der Waals surface area (Å²) in [6, 6.07) is 27.2. The van der Waals surface area contributed by atoms with E-state index in [1.807, 2.05) is 18.2 Å². The van der Waals surface area contributed by atoms with E-state index >= 15 is 0 Å². The van der Waals surface area contributed by atoms with E-state index in [4.69, 9.17) is 5.73 Å². The Morgan fingerprint density at radius 2 is 1.25 bits per heavy atom. The fourth-order valence-corrected chi connectivity index (χ4v) is 3.18. The second-order valence-corrected chi connectivity index (χ2v) is 6.82. The predicted molar refractivity (Wildman–Crippen MR) is 104 cm³/mol. The van der Waals surface area contributed by atoms with Gasteiger partial charge in [-0.3, -0.25) is 4.90 Å². The second-order valence-electron chi connectivity index (χ2n) is 5.97. The van der Waals surface area contributed by atoms with Gasteiger partial charge >= 0.3 is 0 Å². The first-order valence-electron chi connectivity index (χ1n) is 8.05. The van der Waals surface area contributed by atoms with Gasteiger partial charge in [0.05, 0.1) is 0 Å². The van der Waals surface area contributed by atoms with E-state index in [0.29, 0.717) is 0 Å². The average molecular weight is 381 g/mol. The molecule has 2 N–H and O–H groups in total. The summed E-state index contributed by atoms with van der Waals surface area (Å²) in [4.78, 5) is 2.43. The largest absolute Gasteiger partial charge is 0.399 e. The summed E-state index contributed by atoms with van der Waals surface area (Å²) in [7, 11) is 0. The lowest BCUT2D eigenvalue weighted by atomic mass is 10.1. The molecule has 0 saturated carbocycles. The molecule has 0 radical (unpaired) electrons. The second kappa shape index (κ2) is 8.13. The molecule has 24 heavy (non-hydrogen) atoms. The minimum Gasteiger partial charge on any atom is -0.399 e. The molecule has 3 aromatic carbocycles. The van der Waals surface area contributed by atoms with E-state index < -0.39 is 0 Å². The van der Waals surface area contributed by atoms with Crippen molar-refractivity contribution in [1.82, 2.24) is 4.90 Å². The highest BCUT2D eigenvalue weighted by molar-refractivity contribution is 9.10. The minimum absolute atomic E-state index is 0.799. The van der Waals surface area contributed by atoms with Gasteiger partial charge in [0.15, 0.2) is 0 Å². The maximum atomic E-state index is 5.97. The Morgan fingerprint density at radius 1 is 0.708 bits per heavy atom. The zero-order valence-corrected chi connectivity index (χ0v) is 15.1. The van der Waals surface area contributed by atoms with E-state index in [0.717, 1.165) is 29.8 Å². The summed E-state index contributed by atoms with van der Waals surface area (Å²) in [5.74, 6) is 0. The topological polar surface area (TPSA) is 29.3 Å². The van der Waals surface area contributed by atoms with Crippen molar-refractivity contribution in [2.45, 2.75) is 19.6 Å². The maximum Gasteiger partial charge on any atom is 0.0318 e. The summed E-state index contributed by atoms with van der Waals surface area (Å²) in [5.41, 5.74) is 10.6. The number of hydrogen-bond acceptors (Lipinski definition) is 2. The van der Waals surface area contributed by atoms with E-state index in [9.17, 15) is 0 Å². The molecule has 0 unspecified atom stereocenters. The third-order valence-electron chi connectivity index (χ3n) is 3.96. The van der Waals surface area contributed by atoms with Crippen LogP contribution in [-0.2, 0) is 19.6 Å². The van der Waals surface area contributed by atoms with Crippen LogP contribution in [0.15, 0.2) is 83.3 Å². The Bertz CT molecular complexity index is 731. The molecule has 0 amide bonds. The van der Waals surface area contributed by atoms with Crippen molar-refractivity contribution >= 4 is 21.6 Å². The van der Waals surface area contributed by atoms with Gasteiger partial charge < -0.3 is 5.73 Å². The van der Waals surface area contributed by atoms with Crippen LogP contribution in [-0.4, -0.2) is 4.90 Å². The smallest absolute Gasteiger partial charge is 0.0318 e. The summed E-state index contributed by atoms with van der Waals surface area (Å²) in [5, 5.41) is 0. The molecular weight excluding hydrogens is 360 g/mol. The van der Waals surface area contributed by atoms with Gasteiger partial charge in [0, 0.05) is 29.8 Å². The van der Waals surface area contributed by atoms with Crippen molar-refractivity contribution < 1.29 is 0 Å². The Morgan fingerprint density at radius 3 is 1.79 bits per heavy atom. The zero-order chi connectivity index (χ0) is 16.8. The number of nitrogens with zero attached hydrogens (tertiary/aromatic N) is 1. The highest BCUT2D eigenvalue weighted by Crippen LogP contribution is 2.23. The highest BCUT2D eigenvalue weighted by atomic mass is 79.9. The van der Waals surface area contributed by atoms with Crippen molar-refractivity contribution in [2.75, 3.05) is 5.73 Å². The lowest BCUT2D eigenvalue weighted by Crippen LogP contribution is -2.22. The first-order valence-corrected chi connectivity index (χ1v) is 8.84. The molecule has 122 valence electrons. The Hall–Kier alpha value is -2.10. The average Bonchev–Trinajstić information content (AvgIpc) is 2.60. The third-order valence-corrected chi connectivity index (χ3v) is 4.74. The Balaban J connectivity index is 1.82. The monoisotopic (exact) mass is 380 g/mol. The van der Waals surface area contributed by atoms with Gasteiger partial charge in [-0.25, -0.2) is 0 Å². The SMILES string of the molecule is Nc1ccc(Br)c(CN(Cc2ccccc2)Cc2ccccc2)c1. The standard InChI is InChI=1S/C21H21BrN2/c22-21-12-11-20(23)13-19(21)16-24(14-17-7-3-1-4-8-17)15-18-9-5-2-6-10-18/h1-13H,14-16,23H2. The lowest BCUT2D eigenvalue weighted by molar-refractivity contribution is 0.247. The summed E-state index contributed by atoms with van der Waals surface area (Å²) in [6.07, 6.45) is 0. The van der Waals surface area contributed by atoms with Gasteiger partial charge in [-0.2, -0.15) is 0 Å². The van der Waals surface area contributed by atoms with E-state index in [1.165, 1.54) is 16.7 Å². The fraction of sp³-hybridized carbons (Fsp3) is 0.143. The number of nitrogens with two attached hydrogens (primary N) is 1. The van der Waals surface area contributed by atoms with Crippen molar-refractivity contribution in [3.8, 4) is 0 Å². The zero-order valence-electron chi connectivity index (χ0n) is 13.5. The Kier molecular flexibility index (Phi) is 5.68. The van der Waals surface area contributed by atoms with Gasteiger partial charge in [0.2, 0.25) is 0 Å². The van der Waals surface area contributed by atoms with Crippen LogP contribution in [0.5, 0.6) is 0 Å². The van der Waals surface area contributed by atoms with Crippen LogP contribution in [0.1, 0.15) is 16.7 Å². The fourth-order valence-electron chi connectivity index (χ4n) is 2.81. The van der Waals surface area contributed by atoms with Gasteiger partial charge in [0.25, 0.3) is 0 Å². The highest BCUT2D eigenvalue weighted by Gasteiger charge is 2.10. The number of hydrogen-bond donors (Lipinski definition) is 1. The van der Waals surface area contributed by atoms with Gasteiger partial charge in [-0.05, 0) is 34.9 Å². The molecule has 0 spiro atoms. The third kappa shape index (κ3) is 4.70. The van der Waals surface area contributed by atoms with Crippen molar-refractivity contribution in [2.24, 2.45) is 0 Å². The molecular formula is C21H21BrN2. The lowest BCUT2D eigenvalue weighted by Gasteiger charge is -2.23. The van der Waals surface area contributed by atoms with E-state index in [2.05, 4.69) is 81.5 Å². The Labute approximate surface area is 152 Å². The van der Waals surface area contributed by atoms with Gasteiger partial charge in [-0.1, -0.05) is 76.6 Å². The van der Waals surface area contributed by atoms with Crippen molar-refractivity contribution in [3.05, 3.63) is 100 Å². The number of rotatable bonds is 6. The molecule has 3 aromatic rings. The molecule has 3 heteroatoms. The molecule has 2 nitrogen and oxygen atoms in total. The molecule has 0 bridgehead atoms. The quantitative estimate of drug-likeness (QED) is 0.592. The van der Waals surface area contributed by atoms with Crippen LogP contribution < -0.4 is 5.73 Å². The van der Waals surface area contributed by atoms with E-state index in [1.54, 1.807) is 0 Å². The van der Waals surface area contributed by atoms with Gasteiger partial charge in [0.1, 0.15) is 0 Å². The normalized spacial score (nSPS) is 10.9. The van der Waals surface area contributed by atoms with Crippen molar-refractivity contribution in [1.29, 1.82) is 0 Å². The molecule has 0 aliphatic heterocycles. The molecule has 0 aliphatic carbocycles. The van der Waals surface area contributed by atoms with Crippen LogP contribution in [0.2, 0.25) is 0 Å². The summed E-state index contributed by atoms with van der Waals surface area (Å²) in [6.45, 7) is 2.64. The van der Waals surface area contributed by atoms with E-state index in [-0.39, 0.29) is 0 Å². The maximum absolute atomic E-state index is 5.97. The number of halogens is 1.